The summed E-state index contributed by atoms with van der Waals surface area (Å²) < 4.78 is 6.01. The molecule has 3 nitrogen and oxygen atoms in total. The Bertz CT molecular complexity index is 227. The van der Waals surface area contributed by atoms with E-state index >= 15 is 0 Å². The Morgan fingerprint density at radius 3 is 2.24 bits per heavy atom. The van der Waals surface area contributed by atoms with E-state index in [0.717, 1.165) is 19.1 Å². The Morgan fingerprint density at radius 2 is 1.62 bits per heavy atom. The Labute approximate surface area is 132 Å². The molecule has 0 amide bonds. The molecule has 3 heteroatoms. The quantitative estimate of drug-likeness (QED) is 0.557. The van der Waals surface area contributed by atoms with Crippen LogP contribution in [0.5, 0.6) is 0 Å². The molecule has 1 saturated carbocycles. The van der Waals surface area contributed by atoms with Gasteiger partial charge in [0.25, 0.3) is 0 Å². The highest BCUT2D eigenvalue weighted by Crippen LogP contribution is 2.25. The molecule has 0 bridgehead atoms. The van der Waals surface area contributed by atoms with Crippen LogP contribution in [0.4, 0.5) is 0 Å². The summed E-state index contributed by atoms with van der Waals surface area (Å²) in [6.45, 7) is 6.58. The van der Waals surface area contributed by atoms with Crippen molar-refractivity contribution in [3.05, 3.63) is 0 Å². The summed E-state index contributed by atoms with van der Waals surface area (Å²) in [5, 5.41) is 0. The van der Waals surface area contributed by atoms with Crippen molar-refractivity contribution in [3.8, 4) is 0 Å². The topological polar surface area (TPSA) is 38.5 Å². The van der Waals surface area contributed by atoms with Gasteiger partial charge in [-0.05, 0) is 84.0 Å². The van der Waals surface area contributed by atoms with Gasteiger partial charge < -0.3 is 15.4 Å². The van der Waals surface area contributed by atoms with Crippen LogP contribution in [0.1, 0.15) is 71.1 Å². The molecule has 0 unspecified atom stereocenters. The number of hydrogen-bond donors (Lipinski definition) is 1. The van der Waals surface area contributed by atoms with Gasteiger partial charge in [0.1, 0.15) is 0 Å². The number of nitrogens with two attached hydrogens (primary N) is 1. The summed E-state index contributed by atoms with van der Waals surface area (Å²) >= 11 is 0. The van der Waals surface area contributed by atoms with Gasteiger partial charge in [0.15, 0.2) is 0 Å². The molecule has 1 aliphatic rings. The predicted molar refractivity (Wildman–Crippen MR) is 91.6 cm³/mol. The number of rotatable bonds is 12. The van der Waals surface area contributed by atoms with Gasteiger partial charge in [-0.25, -0.2) is 0 Å². The van der Waals surface area contributed by atoms with E-state index in [2.05, 4.69) is 18.9 Å². The Morgan fingerprint density at radius 1 is 0.952 bits per heavy atom. The van der Waals surface area contributed by atoms with Gasteiger partial charge in [0.05, 0.1) is 6.10 Å². The highest BCUT2D eigenvalue weighted by molar-refractivity contribution is 4.73. The summed E-state index contributed by atoms with van der Waals surface area (Å²) in [7, 11) is 2.25. The molecule has 0 spiro atoms. The van der Waals surface area contributed by atoms with Crippen molar-refractivity contribution in [3.63, 3.8) is 0 Å². The molecule has 0 atom stereocenters. The SMILES string of the molecule is CCCCCN(C)CCCCCOC1CCC(CN)CC1. The normalized spacial score (nSPS) is 22.9. The zero-order valence-corrected chi connectivity index (χ0v) is 14.5. The van der Waals surface area contributed by atoms with E-state index in [0.29, 0.717) is 6.10 Å². The van der Waals surface area contributed by atoms with Crippen LogP contribution in [0, 0.1) is 5.92 Å². The molecule has 0 aromatic rings. The molecule has 0 radical (unpaired) electrons. The fourth-order valence-corrected chi connectivity index (χ4v) is 3.19. The third-order valence-electron chi connectivity index (χ3n) is 4.81. The van der Waals surface area contributed by atoms with Crippen LogP contribution >= 0.6 is 0 Å². The summed E-state index contributed by atoms with van der Waals surface area (Å²) in [6, 6.07) is 0. The predicted octanol–water partition coefficient (Wildman–Crippen LogP) is 3.81. The van der Waals surface area contributed by atoms with E-state index < -0.39 is 0 Å². The van der Waals surface area contributed by atoms with Crippen LogP contribution in [0.2, 0.25) is 0 Å². The van der Waals surface area contributed by atoms with Crippen molar-refractivity contribution in [2.45, 2.75) is 77.2 Å². The molecule has 0 aliphatic heterocycles. The maximum atomic E-state index is 6.01. The van der Waals surface area contributed by atoms with E-state index in [1.807, 2.05) is 0 Å². The first-order valence-electron chi connectivity index (χ1n) is 9.26. The fraction of sp³-hybridized carbons (Fsp3) is 1.00. The Balaban J connectivity index is 1.86. The molecule has 126 valence electrons. The molecule has 1 rings (SSSR count). The van der Waals surface area contributed by atoms with Gasteiger partial charge >= 0.3 is 0 Å². The third-order valence-corrected chi connectivity index (χ3v) is 4.81. The molecular formula is C18H38N2O. The van der Waals surface area contributed by atoms with Gasteiger partial charge in [0.2, 0.25) is 0 Å². The van der Waals surface area contributed by atoms with Crippen LogP contribution in [0.3, 0.4) is 0 Å². The second-order valence-electron chi connectivity index (χ2n) is 6.82. The lowest BCUT2D eigenvalue weighted by atomic mass is 9.87. The summed E-state index contributed by atoms with van der Waals surface area (Å²) in [5.74, 6) is 0.757. The second-order valence-corrected chi connectivity index (χ2v) is 6.82. The lowest BCUT2D eigenvalue weighted by molar-refractivity contribution is 0.0169. The number of hydrogen-bond acceptors (Lipinski definition) is 3. The molecular weight excluding hydrogens is 260 g/mol. The molecule has 0 aromatic heterocycles. The highest BCUT2D eigenvalue weighted by atomic mass is 16.5. The molecule has 1 fully saturated rings. The van der Waals surface area contributed by atoms with Gasteiger partial charge in [-0.1, -0.05) is 19.8 Å². The van der Waals surface area contributed by atoms with Crippen molar-refractivity contribution in [2.75, 3.05) is 33.3 Å². The van der Waals surface area contributed by atoms with Crippen LogP contribution in [-0.4, -0.2) is 44.3 Å². The zero-order chi connectivity index (χ0) is 15.3. The van der Waals surface area contributed by atoms with Gasteiger partial charge in [-0.2, -0.15) is 0 Å². The first-order valence-corrected chi connectivity index (χ1v) is 9.26. The minimum atomic E-state index is 0.518. The average molecular weight is 299 g/mol. The van der Waals surface area contributed by atoms with E-state index in [-0.39, 0.29) is 0 Å². The minimum absolute atomic E-state index is 0.518. The van der Waals surface area contributed by atoms with E-state index in [1.165, 1.54) is 77.3 Å². The molecule has 0 aromatic carbocycles. The van der Waals surface area contributed by atoms with Crippen molar-refractivity contribution in [1.29, 1.82) is 0 Å². The smallest absolute Gasteiger partial charge is 0.0575 e. The largest absolute Gasteiger partial charge is 0.378 e. The lowest BCUT2D eigenvalue weighted by Crippen LogP contribution is -2.26. The van der Waals surface area contributed by atoms with E-state index in [1.54, 1.807) is 0 Å². The monoisotopic (exact) mass is 298 g/mol. The van der Waals surface area contributed by atoms with Gasteiger partial charge in [-0.15, -0.1) is 0 Å². The summed E-state index contributed by atoms with van der Waals surface area (Å²) in [4.78, 5) is 2.48. The average Bonchev–Trinajstić information content (AvgIpc) is 2.51. The van der Waals surface area contributed by atoms with Gasteiger partial charge in [0, 0.05) is 6.61 Å². The maximum absolute atomic E-state index is 6.01. The summed E-state index contributed by atoms with van der Waals surface area (Å²) in [6.07, 6.45) is 13.4. The van der Waals surface area contributed by atoms with Crippen molar-refractivity contribution >= 4 is 0 Å². The Kier molecular flexibility index (Phi) is 11.2. The molecule has 0 heterocycles. The Hall–Kier alpha value is -0.120. The van der Waals surface area contributed by atoms with Crippen molar-refractivity contribution in [1.82, 2.24) is 4.90 Å². The van der Waals surface area contributed by atoms with E-state index in [9.17, 15) is 0 Å². The van der Waals surface area contributed by atoms with Crippen molar-refractivity contribution < 1.29 is 4.74 Å². The van der Waals surface area contributed by atoms with Crippen LogP contribution in [0.25, 0.3) is 0 Å². The van der Waals surface area contributed by atoms with Crippen LogP contribution in [0.15, 0.2) is 0 Å². The first kappa shape index (κ1) is 18.9. The molecule has 0 saturated heterocycles. The summed E-state index contributed by atoms with van der Waals surface area (Å²) in [5.41, 5.74) is 5.72. The third kappa shape index (κ3) is 9.49. The number of ether oxygens (including phenoxy) is 1. The maximum Gasteiger partial charge on any atom is 0.0575 e. The highest BCUT2D eigenvalue weighted by Gasteiger charge is 2.20. The second kappa shape index (κ2) is 12.4. The lowest BCUT2D eigenvalue weighted by Gasteiger charge is -2.27. The first-order chi connectivity index (χ1) is 10.3. The standard InChI is InChI=1S/C18H38N2O/c1-3-4-6-13-20(2)14-7-5-8-15-21-18-11-9-17(16-19)10-12-18/h17-18H,3-16,19H2,1-2H3. The molecule has 1 aliphatic carbocycles. The number of unbranched alkanes of at least 4 members (excludes halogenated alkanes) is 4. The van der Waals surface area contributed by atoms with Crippen LogP contribution in [-0.2, 0) is 4.74 Å². The molecule has 21 heavy (non-hydrogen) atoms. The van der Waals surface area contributed by atoms with E-state index in [4.69, 9.17) is 10.5 Å². The zero-order valence-electron chi connectivity index (χ0n) is 14.5. The van der Waals surface area contributed by atoms with Crippen LogP contribution < -0.4 is 5.73 Å². The minimum Gasteiger partial charge on any atom is -0.378 e. The fourth-order valence-electron chi connectivity index (χ4n) is 3.19. The van der Waals surface area contributed by atoms with Gasteiger partial charge in [-0.3, -0.25) is 0 Å². The number of nitrogens with zero attached hydrogens (tertiary/aromatic N) is 1. The molecule has 2 N–H and O–H groups in total. The van der Waals surface area contributed by atoms with Crippen molar-refractivity contribution in [2.24, 2.45) is 11.7 Å².